The van der Waals surface area contributed by atoms with Crippen molar-refractivity contribution >= 4 is 17.3 Å². The number of rotatable bonds is 4. The van der Waals surface area contributed by atoms with Crippen LogP contribution in [-0.4, -0.2) is 62.7 Å². The molecule has 2 saturated heterocycles. The molecule has 1 aromatic carbocycles. The first kappa shape index (κ1) is 21.6. The monoisotopic (exact) mass is 445 g/mol. The Kier molecular flexibility index (Phi) is 5.89. The minimum Gasteiger partial charge on any atom is -0.369 e. The maximum atomic E-state index is 12.8. The first-order valence-corrected chi connectivity index (χ1v) is 11.8. The molecule has 2 N–H and O–H groups in total. The average Bonchev–Trinajstić information content (AvgIpc) is 3.17. The number of pyridine rings is 1. The average molecular weight is 446 g/mol. The number of primary amides is 1. The molecule has 7 heteroatoms. The van der Waals surface area contributed by atoms with E-state index in [1.54, 1.807) is 12.5 Å². The van der Waals surface area contributed by atoms with Gasteiger partial charge in [0.05, 0.1) is 30.1 Å². The third kappa shape index (κ3) is 4.50. The Morgan fingerprint density at radius 3 is 2.64 bits per heavy atom. The van der Waals surface area contributed by atoms with Gasteiger partial charge in [0, 0.05) is 30.7 Å². The minimum atomic E-state index is -0.182. The third-order valence-corrected chi connectivity index (χ3v) is 7.34. The summed E-state index contributed by atoms with van der Waals surface area (Å²) >= 11 is 0. The smallest absolute Gasteiger partial charge is 0.256 e. The van der Waals surface area contributed by atoms with Crippen molar-refractivity contribution in [2.24, 2.45) is 5.73 Å². The Bertz CT molecular complexity index is 1140. The van der Waals surface area contributed by atoms with E-state index in [2.05, 4.69) is 34.1 Å². The molecular weight excluding hydrogens is 414 g/mol. The van der Waals surface area contributed by atoms with Gasteiger partial charge in [-0.3, -0.25) is 14.5 Å². The summed E-state index contributed by atoms with van der Waals surface area (Å²) in [4.78, 5) is 31.8. The highest BCUT2D eigenvalue weighted by atomic mass is 16.2. The van der Waals surface area contributed by atoms with Crippen molar-refractivity contribution in [3.05, 3.63) is 72.3 Å². The van der Waals surface area contributed by atoms with Gasteiger partial charge in [-0.15, -0.1) is 0 Å². The molecule has 0 radical (unpaired) electrons. The van der Waals surface area contributed by atoms with Gasteiger partial charge < -0.3 is 15.0 Å². The van der Waals surface area contributed by atoms with Crippen LogP contribution in [0.15, 0.2) is 61.2 Å². The fraction of sp³-hybridized carbons (Fsp3) is 0.423. The van der Waals surface area contributed by atoms with Gasteiger partial charge in [-0.05, 0) is 56.3 Å². The number of hydrogen-bond donors (Lipinski definition) is 1. The Balaban J connectivity index is 0.000000174. The van der Waals surface area contributed by atoms with Crippen molar-refractivity contribution in [2.75, 3.05) is 26.2 Å². The molecular formula is C26H31N5O2. The van der Waals surface area contributed by atoms with Crippen LogP contribution in [-0.2, 0) is 4.79 Å². The van der Waals surface area contributed by atoms with Crippen LogP contribution in [0.4, 0.5) is 0 Å². The van der Waals surface area contributed by atoms with Crippen molar-refractivity contribution in [3.8, 4) is 0 Å². The quantitative estimate of drug-likeness (QED) is 0.669. The van der Waals surface area contributed by atoms with Gasteiger partial charge >= 0.3 is 0 Å². The normalized spacial score (nSPS) is 21.2. The Morgan fingerprint density at radius 2 is 1.88 bits per heavy atom. The summed E-state index contributed by atoms with van der Waals surface area (Å²) in [6.07, 6.45) is 11.5. The van der Waals surface area contributed by atoms with Crippen LogP contribution in [0.3, 0.4) is 0 Å². The maximum absolute atomic E-state index is 12.8. The van der Waals surface area contributed by atoms with E-state index in [4.69, 9.17) is 5.73 Å². The number of imidazole rings is 1. The van der Waals surface area contributed by atoms with E-state index in [0.717, 1.165) is 37.1 Å². The summed E-state index contributed by atoms with van der Waals surface area (Å²) in [7, 11) is 0. The molecule has 6 rings (SSSR count). The lowest BCUT2D eigenvalue weighted by atomic mass is 9.99. The van der Waals surface area contributed by atoms with E-state index >= 15 is 0 Å². The highest BCUT2D eigenvalue weighted by molar-refractivity contribution is 6.00. The van der Waals surface area contributed by atoms with Crippen molar-refractivity contribution in [2.45, 2.75) is 43.6 Å². The van der Waals surface area contributed by atoms with Gasteiger partial charge in [0.25, 0.3) is 5.91 Å². The summed E-state index contributed by atoms with van der Waals surface area (Å²) in [6.45, 7) is 3.15. The second kappa shape index (κ2) is 8.98. The number of aromatic nitrogens is 2. The molecule has 1 unspecified atom stereocenters. The summed E-state index contributed by atoms with van der Waals surface area (Å²) in [5.41, 5.74) is 8.49. The largest absolute Gasteiger partial charge is 0.369 e. The molecule has 3 fully saturated rings. The fourth-order valence-corrected chi connectivity index (χ4v) is 5.38. The van der Waals surface area contributed by atoms with Gasteiger partial charge in [-0.2, -0.15) is 0 Å². The molecule has 2 amide bonds. The maximum Gasteiger partial charge on any atom is 0.256 e. The number of amides is 2. The highest BCUT2D eigenvalue weighted by Crippen LogP contribution is 2.49. The van der Waals surface area contributed by atoms with Crippen LogP contribution < -0.4 is 5.73 Å². The molecule has 0 bridgehead atoms. The Hall–Kier alpha value is -3.19. The molecule has 1 spiro atoms. The lowest BCUT2D eigenvalue weighted by Gasteiger charge is -2.21. The number of nitrogens with zero attached hydrogens (tertiary/aromatic N) is 4. The van der Waals surface area contributed by atoms with E-state index in [1.807, 2.05) is 33.7 Å². The summed E-state index contributed by atoms with van der Waals surface area (Å²) in [5, 5.41) is 0. The molecule has 3 aromatic rings. The van der Waals surface area contributed by atoms with Crippen molar-refractivity contribution in [1.82, 2.24) is 19.2 Å². The van der Waals surface area contributed by atoms with Gasteiger partial charge in [0.2, 0.25) is 5.91 Å². The van der Waals surface area contributed by atoms with Crippen molar-refractivity contribution in [1.29, 1.82) is 0 Å². The first-order valence-electron chi connectivity index (χ1n) is 11.8. The van der Waals surface area contributed by atoms with Crippen LogP contribution in [0.25, 0.3) is 5.52 Å². The summed E-state index contributed by atoms with van der Waals surface area (Å²) in [6, 6.07) is 14.2. The molecule has 172 valence electrons. The Labute approximate surface area is 194 Å². The van der Waals surface area contributed by atoms with Crippen LogP contribution in [0.2, 0.25) is 0 Å². The Morgan fingerprint density at radius 1 is 1.06 bits per heavy atom. The van der Waals surface area contributed by atoms with Crippen molar-refractivity contribution in [3.63, 3.8) is 0 Å². The molecule has 1 atom stereocenters. The van der Waals surface area contributed by atoms with Crippen LogP contribution in [0.1, 0.15) is 53.9 Å². The summed E-state index contributed by atoms with van der Waals surface area (Å²) < 4.78 is 1.89. The molecule has 2 aromatic heterocycles. The molecule has 3 aliphatic rings. The summed E-state index contributed by atoms with van der Waals surface area (Å²) in [5.74, 6) is 0.359. The van der Waals surface area contributed by atoms with E-state index in [0.29, 0.717) is 18.0 Å². The van der Waals surface area contributed by atoms with Gasteiger partial charge in [0.15, 0.2) is 0 Å². The van der Waals surface area contributed by atoms with E-state index in [-0.39, 0.29) is 11.8 Å². The van der Waals surface area contributed by atoms with Gasteiger partial charge in [0.1, 0.15) is 0 Å². The molecule has 2 aliphatic heterocycles. The minimum absolute atomic E-state index is 0.101. The highest BCUT2D eigenvalue weighted by Gasteiger charge is 2.50. The van der Waals surface area contributed by atoms with E-state index in [9.17, 15) is 9.59 Å². The number of carbonyl (C=O) groups excluding carboxylic acids is 2. The van der Waals surface area contributed by atoms with Crippen LogP contribution in [0.5, 0.6) is 0 Å². The predicted molar refractivity (Wildman–Crippen MR) is 127 cm³/mol. The zero-order chi connectivity index (χ0) is 22.8. The second-order valence-corrected chi connectivity index (χ2v) is 9.47. The second-order valence-electron chi connectivity index (χ2n) is 9.47. The van der Waals surface area contributed by atoms with Crippen LogP contribution in [0, 0.1) is 0 Å². The molecule has 7 nitrogen and oxygen atoms in total. The number of benzene rings is 1. The number of nitrogens with two attached hydrogens (primary N) is 1. The topological polar surface area (TPSA) is 83.9 Å². The molecule has 1 saturated carbocycles. The predicted octanol–water partition coefficient (Wildman–Crippen LogP) is 3.06. The molecule has 1 aliphatic carbocycles. The molecule has 33 heavy (non-hydrogen) atoms. The lowest BCUT2D eigenvalue weighted by Crippen LogP contribution is -2.38. The number of hydrogen-bond acceptors (Lipinski definition) is 4. The van der Waals surface area contributed by atoms with E-state index in [1.165, 1.54) is 31.2 Å². The standard InChI is InChI=1S/C18H17N3O.C8H14N2O/c22-18(16-7-4-9-21-13-19-11-17(16)21)20-10-8-15(12-20)14-5-2-1-3-6-14;9-7(11)6-10-5-1-2-8(10)3-4-8/h1-7,9,11,13,15H,8,10,12H2;1-6H2,(H2,9,11). The van der Waals surface area contributed by atoms with Crippen molar-refractivity contribution < 1.29 is 9.59 Å². The first-order chi connectivity index (χ1) is 16.1. The van der Waals surface area contributed by atoms with Gasteiger partial charge in [-0.25, -0.2) is 4.98 Å². The van der Waals surface area contributed by atoms with Crippen LogP contribution >= 0.6 is 0 Å². The van der Waals surface area contributed by atoms with E-state index < -0.39 is 0 Å². The third-order valence-electron chi connectivity index (χ3n) is 7.34. The lowest BCUT2D eigenvalue weighted by molar-refractivity contribution is -0.119. The zero-order valence-electron chi connectivity index (χ0n) is 18.9. The molecule has 4 heterocycles. The zero-order valence-corrected chi connectivity index (χ0v) is 18.9. The number of fused-ring (bicyclic) bond motifs is 1. The fourth-order valence-electron chi connectivity index (χ4n) is 5.38. The SMILES string of the molecule is NC(=O)CN1CCCC12CC2.O=C(c1cccn2cncc12)N1CCC(c2ccccc2)C1. The number of carbonyl (C=O) groups is 2. The number of likely N-dealkylation sites (tertiary alicyclic amines) is 2. The van der Waals surface area contributed by atoms with Gasteiger partial charge in [-0.1, -0.05) is 30.3 Å².